The fraction of sp³-hybridized carbons (Fsp3) is 0.417. The standard InChI is InChI=1S/C24H29FN2O6S/c1-17-5-3-4-14-27(17)34(30,31)22-15-19(8-11-21(22)32-2)24(29)33-16-23(28)26-13-12-18-6-9-20(25)10-7-18/h6-11,15,17H,3-5,12-14,16H2,1-2H3,(H,26,28). The molecule has 1 saturated heterocycles. The molecule has 1 fully saturated rings. The van der Waals surface area contributed by atoms with Crippen LogP contribution in [0.3, 0.4) is 0 Å². The van der Waals surface area contributed by atoms with E-state index in [1.165, 1.54) is 41.7 Å². The summed E-state index contributed by atoms with van der Waals surface area (Å²) in [7, 11) is -2.52. The quantitative estimate of drug-likeness (QED) is 0.540. The van der Waals surface area contributed by atoms with Crippen LogP contribution < -0.4 is 10.1 Å². The highest BCUT2D eigenvalue weighted by molar-refractivity contribution is 7.89. The molecular weight excluding hydrogens is 463 g/mol. The number of carbonyl (C=O) groups is 2. The maximum absolute atomic E-state index is 13.3. The lowest BCUT2D eigenvalue weighted by Gasteiger charge is -2.32. The molecule has 34 heavy (non-hydrogen) atoms. The van der Waals surface area contributed by atoms with Gasteiger partial charge in [-0.3, -0.25) is 4.79 Å². The molecule has 1 unspecified atom stereocenters. The molecule has 0 saturated carbocycles. The van der Waals surface area contributed by atoms with Crippen molar-refractivity contribution in [2.24, 2.45) is 0 Å². The molecule has 1 aliphatic rings. The Kier molecular flexibility index (Phi) is 8.62. The Morgan fingerprint density at radius 2 is 1.88 bits per heavy atom. The van der Waals surface area contributed by atoms with Gasteiger partial charge in [0.2, 0.25) is 10.0 Å². The number of sulfonamides is 1. The fourth-order valence-corrected chi connectivity index (χ4v) is 5.71. The van der Waals surface area contributed by atoms with E-state index in [-0.39, 0.29) is 28.1 Å². The first-order chi connectivity index (χ1) is 16.2. The van der Waals surface area contributed by atoms with Crippen molar-refractivity contribution in [3.8, 4) is 5.75 Å². The average molecular weight is 493 g/mol. The van der Waals surface area contributed by atoms with Crippen LogP contribution in [-0.2, 0) is 26.0 Å². The van der Waals surface area contributed by atoms with Crippen LogP contribution in [0.1, 0.15) is 42.1 Å². The van der Waals surface area contributed by atoms with Gasteiger partial charge in [0.15, 0.2) is 6.61 Å². The number of amides is 1. The Balaban J connectivity index is 1.61. The van der Waals surface area contributed by atoms with Gasteiger partial charge in [-0.25, -0.2) is 17.6 Å². The van der Waals surface area contributed by atoms with E-state index in [9.17, 15) is 22.4 Å². The van der Waals surface area contributed by atoms with Gasteiger partial charge in [-0.15, -0.1) is 0 Å². The number of benzene rings is 2. The molecule has 1 amide bonds. The summed E-state index contributed by atoms with van der Waals surface area (Å²) >= 11 is 0. The van der Waals surface area contributed by atoms with E-state index in [1.54, 1.807) is 12.1 Å². The van der Waals surface area contributed by atoms with Gasteiger partial charge >= 0.3 is 5.97 Å². The zero-order valence-corrected chi connectivity index (χ0v) is 20.1. The van der Waals surface area contributed by atoms with Crippen molar-refractivity contribution >= 4 is 21.9 Å². The average Bonchev–Trinajstić information content (AvgIpc) is 2.83. The Hall–Kier alpha value is -2.98. The molecule has 0 spiro atoms. The van der Waals surface area contributed by atoms with E-state index < -0.39 is 28.5 Å². The van der Waals surface area contributed by atoms with Gasteiger partial charge in [0.1, 0.15) is 16.5 Å². The third-order valence-electron chi connectivity index (χ3n) is 5.71. The number of hydrogen-bond donors (Lipinski definition) is 1. The monoisotopic (exact) mass is 492 g/mol. The molecule has 2 aromatic carbocycles. The first-order valence-electron chi connectivity index (χ1n) is 11.1. The predicted octanol–water partition coefficient (Wildman–Crippen LogP) is 2.91. The summed E-state index contributed by atoms with van der Waals surface area (Å²) in [6.45, 7) is 2.04. The van der Waals surface area contributed by atoms with Crippen molar-refractivity contribution in [2.45, 2.75) is 43.5 Å². The minimum atomic E-state index is -3.88. The van der Waals surface area contributed by atoms with Gasteiger partial charge in [-0.2, -0.15) is 4.31 Å². The number of esters is 1. The van der Waals surface area contributed by atoms with Crippen LogP contribution in [0.15, 0.2) is 47.4 Å². The second-order valence-corrected chi connectivity index (χ2v) is 9.99. The van der Waals surface area contributed by atoms with E-state index in [0.29, 0.717) is 19.5 Å². The van der Waals surface area contributed by atoms with Gasteiger partial charge in [0.25, 0.3) is 5.91 Å². The number of hydrogen-bond acceptors (Lipinski definition) is 6. The number of methoxy groups -OCH3 is 1. The Morgan fingerprint density at radius 1 is 1.15 bits per heavy atom. The molecule has 184 valence electrons. The number of rotatable bonds is 9. The summed E-state index contributed by atoms with van der Waals surface area (Å²) in [6, 6.07) is 9.81. The van der Waals surface area contributed by atoms with Crippen molar-refractivity contribution in [3.63, 3.8) is 0 Å². The smallest absolute Gasteiger partial charge is 0.338 e. The van der Waals surface area contributed by atoms with Gasteiger partial charge in [-0.05, 0) is 62.1 Å². The molecular formula is C24H29FN2O6S. The number of carbonyl (C=O) groups excluding carboxylic acids is 2. The Bertz CT molecular complexity index is 1120. The van der Waals surface area contributed by atoms with Crippen molar-refractivity contribution < 1.29 is 31.9 Å². The van der Waals surface area contributed by atoms with E-state index in [0.717, 1.165) is 24.8 Å². The van der Waals surface area contributed by atoms with Crippen LogP contribution in [0, 0.1) is 5.82 Å². The summed E-state index contributed by atoms with van der Waals surface area (Å²) in [4.78, 5) is 24.4. The molecule has 1 N–H and O–H groups in total. The molecule has 3 rings (SSSR count). The largest absolute Gasteiger partial charge is 0.495 e. The lowest BCUT2D eigenvalue weighted by atomic mass is 10.1. The minimum absolute atomic E-state index is 0.00292. The van der Waals surface area contributed by atoms with Crippen LogP contribution >= 0.6 is 0 Å². The Morgan fingerprint density at radius 3 is 2.56 bits per heavy atom. The fourth-order valence-electron chi connectivity index (χ4n) is 3.82. The summed E-state index contributed by atoms with van der Waals surface area (Å²) < 4.78 is 51.2. The molecule has 0 aromatic heterocycles. The van der Waals surface area contributed by atoms with Gasteiger partial charge in [0, 0.05) is 19.1 Å². The highest BCUT2D eigenvalue weighted by atomic mass is 32.2. The molecule has 0 radical (unpaired) electrons. The number of nitrogens with zero attached hydrogens (tertiary/aromatic N) is 1. The van der Waals surface area contributed by atoms with Gasteiger partial charge in [0.05, 0.1) is 12.7 Å². The van der Waals surface area contributed by atoms with Crippen LogP contribution in [-0.4, -0.2) is 57.4 Å². The summed E-state index contributed by atoms with van der Waals surface area (Å²) in [5.74, 6) is -1.52. The predicted molar refractivity (Wildman–Crippen MR) is 124 cm³/mol. The zero-order valence-electron chi connectivity index (χ0n) is 19.3. The summed E-state index contributed by atoms with van der Waals surface area (Å²) in [5.41, 5.74) is 0.858. The van der Waals surface area contributed by atoms with Gasteiger partial charge < -0.3 is 14.8 Å². The van der Waals surface area contributed by atoms with Crippen molar-refractivity contribution in [3.05, 3.63) is 59.4 Å². The second-order valence-electron chi connectivity index (χ2n) is 8.13. The molecule has 2 aromatic rings. The normalized spacial score (nSPS) is 16.6. The summed E-state index contributed by atoms with van der Waals surface area (Å²) in [6.07, 6.45) is 2.99. The molecule has 1 heterocycles. The highest BCUT2D eigenvalue weighted by Crippen LogP contribution is 2.31. The topological polar surface area (TPSA) is 102 Å². The van der Waals surface area contributed by atoms with Crippen LogP contribution in [0.5, 0.6) is 5.75 Å². The van der Waals surface area contributed by atoms with Crippen LogP contribution in [0.25, 0.3) is 0 Å². The zero-order chi connectivity index (χ0) is 24.7. The molecule has 1 aliphatic heterocycles. The lowest BCUT2D eigenvalue weighted by molar-refractivity contribution is -0.124. The van der Waals surface area contributed by atoms with E-state index in [4.69, 9.17) is 9.47 Å². The van der Waals surface area contributed by atoms with Crippen molar-refractivity contribution in [2.75, 3.05) is 26.8 Å². The molecule has 0 aliphatic carbocycles. The second kappa shape index (κ2) is 11.4. The SMILES string of the molecule is COc1ccc(C(=O)OCC(=O)NCCc2ccc(F)cc2)cc1S(=O)(=O)N1CCCCC1C. The van der Waals surface area contributed by atoms with E-state index in [2.05, 4.69) is 5.32 Å². The van der Waals surface area contributed by atoms with Crippen LogP contribution in [0.4, 0.5) is 4.39 Å². The van der Waals surface area contributed by atoms with E-state index in [1.807, 2.05) is 6.92 Å². The lowest BCUT2D eigenvalue weighted by Crippen LogP contribution is -2.42. The first kappa shape index (κ1) is 25.6. The third-order valence-corrected chi connectivity index (χ3v) is 7.75. The number of ether oxygens (including phenoxy) is 2. The number of halogens is 1. The minimum Gasteiger partial charge on any atom is -0.495 e. The first-order valence-corrected chi connectivity index (χ1v) is 12.5. The molecule has 8 nitrogen and oxygen atoms in total. The molecule has 0 bridgehead atoms. The van der Waals surface area contributed by atoms with Crippen molar-refractivity contribution in [1.29, 1.82) is 0 Å². The maximum Gasteiger partial charge on any atom is 0.338 e. The number of nitrogens with one attached hydrogen (secondary N) is 1. The Labute approximate surface area is 199 Å². The summed E-state index contributed by atoms with van der Waals surface area (Å²) in [5, 5.41) is 2.62. The molecule has 1 atom stereocenters. The van der Waals surface area contributed by atoms with Crippen LogP contribution in [0.2, 0.25) is 0 Å². The highest BCUT2D eigenvalue weighted by Gasteiger charge is 2.33. The third kappa shape index (κ3) is 6.32. The molecule has 10 heteroatoms. The van der Waals surface area contributed by atoms with Crippen molar-refractivity contribution in [1.82, 2.24) is 9.62 Å². The van der Waals surface area contributed by atoms with E-state index >= 15 is 0 Å². The van der Waals surface area contributed by atoms with Gasteiger partial charge in [-0.1, -0.05) is 18.6 Å². The number of piperidine rings is 1. The maximum atomic E-state index is 13.3.